The molecular formula is C20H26N2O6S. The molecule has 9 heteroatoms. The van der Waals surface area contributed by atoms with Crippen molar-refractivity contribution in [1.29, 1.82) is 0 Å². The number of hydrogen-bond donors (Lipinski definition) is 2. The van der Waals surface area contributed by atoms with Crippen LogP contribution in [-0.4, -0.2) is 40.7 Å². The summed E-state index contributed by atoms with van der Waals surface area (Å²) in [6.07, 6.45) is -0.707. The molecule has 0 spiro atoms. The molecule has 0 aromatic heterocycles. The van der Waals surface area contributed by atoms with Gasteiger partial charge in [-0.05, 0) is 57.2 Å². The summed E-state index contributed by atoms with van der Waals surface area (Å²) in [6.45, 7) is 5.34. The lowest BCUT2D eigenvalue weighted by atomic mass is 10.3. The summed E-state index contributed by atoms with van der Waals surface area (Å²) in [5, 5.41) is 2.75. The van der Waals surface area contributed by atoms with E-state index in [9.17, 15) is 13.2 Å². The smallest absolute Gasteiger partial charge is 0.262 e. The molecule has 0 saturated carbocycles. The molecule has 29 heavy (non-hydrogen) atoms. The number of ether oxygens (including phenoxy) is 3. The van der Waals surface area contributed by atoms with E-state index in [-0.39, 0.29) is 22.5 Å². The highest BCUT2D eigenvalue weighted by atomic mass is 32.2. The number of methoxy groups -OCH3 is 2. The Balaban J connectivity index is 2.13. The molecule has 0 radical (unpaired) electrons. The van der Waals surface area contributed by atoms with E-state index in [1.807, 2.05) is 13.8 Å². The average Bonchev–Trinajstić information content (AvgIpc) is 2.67. The summed E-state index contributed by atoms with van der Waals surface area (Å²) in [4.78, 5) is 12.0. The maximum atomic E-state index is 12.7. The highest BCUT2D eigenvalue weighted by Gasteiger charge is 2.19. The van der Waals surface area contributed by atoms with Crippen LogP contribution in [0, 0.1) is 0 Å². The normalized spacial score (nSPS) is 12.2. The Hall–Kier alpha value is -2.94. The standard InChI is InChI=1S/C20H26N2O6S/c1-13(2)21-20(23)14(3)28-15-6-9-17(10-7-15)29(24,25)22-18-11-8-16(26-4)12-19(18)27-5/h6-14,22H,1-5H3,(H,21,23)/t14-/m0/s1. The quantitative estimate of drug-likeness (QED) is 0.644. The van der Waals surface area contributed by atoms with Gasteiger partial charge < -0.3 is 19.5 Å². The van der Waals surface area contributed by atoms with Crippen molar-refractivity contribution in [3.8, 4) is 17.2 Å². The van der Waals surface area contributed by atoms with E-state index in [1.165, 1.54) is 38.5 Å². The molecule has 0 aliphatic heterocycles. The van der Waals surface area contributed by atoms with Crippen molar-refractivity contribution >= 4 is 21.6 Å². The summed E-state index contributed by atoms with van der Waals surface area (Å²) in [5.74, 6) is 1.02. The van der Waals surface area contributed by atoms with E-state index >= 15 is 0 Å². The molecule has 2 N–H and O–H groups in total. The number of nitrogens with one attached hydrogen (secondary N) is 2. The number of carbonyl (C=O) groups excluding carboxylic acids is 1. The van der Waals surface area contributed by atoms with Crippen LogP contribution in [0.2, 0.25) is 0 Å². The number of rotatable bonds is 9. The maximum absolute atomic E-state index is 12.7. The van der Waals surface area contributed by atoms with Crippen LogP contribution in [-0.2, 0) is 14.8 Å². The fraction of sp³-hybridized carbons (Fsp3) is 0.350. The molecule has 0 bridgehead atoms. The summed E-state index contributed by atoms with van der Waals surface area (Å²) >= 11 is 0. The Kier molecular flexibility index (Phi) is 7.33. The van der Waals surface area contributed by atoms with Gasteiger partial charge in [0.1, 0.15) is 17.2 Å². The lowest BCUT2D eigenvalue weighted by Crippen LogP contribution is -2.40. The molecule has 0 saturated heterocycles. The fourth-order valence-electron chi connectivity index (χ4n) is 2.44. The van der Waals surface area contributed by atoms with Gasteiger partial charge in [-0.25, -0.2) is 8.42 Å². The third kappa shape index (κ3) is 6.02. The van der Waals surface area contributed by atoms with Gasteiger partial charge in [-0.2, -0.15) is 0 Å². The summed E-state index contributed by atoms with van der Waals surface area (Å²) in [7, 11) is -0.899. The van der Waals surface area contributed by atoms with Crippen LogP contribution < -0.4 is 24.2 Å². The van der Waals surface area contributed by atoms with E-state index in [0.29, 0.717) is 17.2 Å². The average molecular weight is 423 g/mol. The van der Waals surface area contributed by atoms with E-state index in [0.717, 1.165) is 0 Å². The van der Waals surface area contributed by atoms with E-state index in [1.54, 1.807) is 25.1 Å². The lowest BCUT2D eigenvalue weighted by Gasteiger charge is -2.17. The van der Waals surface area contributed by atoms with Gasteiger partial charge >= 0.3 is 0 Å². The highest BCUT2D eigenvalue weighted by Crippen LogP contribution is 2.31. The van der Waals surface area contributed by atoms with E-state index < -0.39 is 16.1 Å². The topological polar surface area (TPSA) is 103 Å². The van der Waals surface area contributed by atoms with Crippen molar-refractivity contribution in [2.24, 2.45) is 0 Å². The summed E-state index contributed by atoms with van der Waals surface area (Å²) < 4.78 is 43.8. The molecule has 2 aromatic carbocycles. The Morgan fingerprint density at radius 2 is 1.55 bits per heavy atom. The van der Waals surface area contributed by atoms with Gasteiger partial charge in [0, 0.05) is 12.1 Å². The van der Waals surface area contributed by atoms with E-state index in [2.05, 4.69) is 10.0 Å². The molecule has 1 amide bonds. The first-order valence-corrected chi connectivity index (χ1v) is 10.5. The van der Waals surface area contributed by atoms with Crippen molar-refractivity contribution in [3.63, 3.8) is 0 Å². The van der Waals surface area contributed by atoms with Gasteiger partial charge in [-0.15, -0.1) is 0 Å². The fourth-order valence-corrected chi connectivity index (χ4v) is 3.51. The first-order valence-electron chi connectivity index (χ1n) is 8.98. The second-order valence-corrected chi connectivity index (χ2v) is 8.25. The zero-order valence-corrected chi connectivity index (χ0v) is 17.9. The van der Waals surface area contributed by atoms with Crippen molar-refractivity contribution in [3.05, 3.63) is 42.5 Å². The Morgan fingerprint density at radius 1 is 0.931 bits per heavy atom. The lowest BCUT2D eigenvalue weighted by molar-refractivity contribution is -0.127. The molecule has 0 aliphatic carbocycles. The van der Waals surface area contributed by atoms with Crippen LogP contribution in [0.25, 0.3) is 0 Å². The van der Waals surface area contributed by atoms with Gasteiger partial charge in [0.05, 0.1) is 24.8 Å². The van der Waals surface area contributed by atoms with Crippen LogP contribution >= 0.6 is 0 Å². The second kappa shape index (κ2) is 9.51. The number of benzene rings is 2. The molecule has 2 aromatic rings. The summed E-state index contributed by atoms with van der Waals surface area (Å²) in [6, 6.07) is 10.6. The van der Waals surface area contributed by atoms with Crippen LogP contribution in [0.4, 0.5) is 5.69 Å². The zero-order chi connectivity index (χ0) is 21.6. The first-order chi connectivity index (χ1) is 13.7. The minimum atomic E-state index is -3.85. The van der Waals surface area contributed by atoms with Crippen molar-refractivity contribution < 1.29 is 27.4 Å². The SMILES string of the molecule is COc1ccc(NS(=O)(=O)c2ccc(O[C@@H](C)C(=O)NC(C)C)cc2)c(OC)c1. The van der Waals surface area contributed by atoms with Crippen LogP contribution in [0.5, 0.6) is 17.2 Å². The summed E-state index contributed by atoms with van der Waals surface area (Å²) in [5.41, 5.74) is 0.285. The number of carbonyl (C=O) groups is 1. The number of hydrogen-bond acceptors (Lipinski definition) is 6. The van der Waals surface area contributed by atoms with Gasteiger partial charge in [-0.1, -0.05) is 0 Å². The van der Waals surface area contributed by atoms with E-state index in [4.69, 9.17) is 14.2 Å². The largest absolute Gasteiger partial charge is 0.497 e. The predicted octanol–water partition coefficient (Wildman–Crippen LogP) is 2.80. The zero-order valence-electron chi connectivity index (χ0n) is 17.1. The minimum absolute atomic E-state index is 0.00193. The van der Waals surface area contributed by atoms with Gasteiger partial charge in [0.2, 0.25) is 0 Å². The minimum Gasteiger partial charge on any atom is -0.497 e. The van der Waals surface area contributed by atoms with Crippen LogP contribution in [0.3, 0.4) is 0 Å². The Morgan fingerprint density at radius 3 is 2.10 bits per heavy atom. The molecule has 1 atom stereocenters. The third-order valence-corrected chi connectivity index (χ3v) is 5.28. The molecule has 0 heterocycles. The predicted molar refractivity (Wildman–Crippen MR) is 110 cm³/mol. The first kappa shape index (κ1) is 22.4. The second-order valence-electron chi connectivity index (χ2n) is 6.57. The van der Waals surface area contributed by atoms with Crippen molar-refractivity contribution in [2.75, 3.05) is 18.9 Å². The monoisotopic (exact) mass is 422 g/mol. The molecule has 0 fully saturated rings. The highest BCUT2D eigenvalue weighted by molar-refractivity contribution is 7.92. The molecule has 0 unspecified atom stereocenters. The van der Waals surface area contributed by atoms with Gasteiger partial charge in [-0.3, -0.25) is 9.52 Å². The molecular weight excluding hydrogens is 396 g/mol. The Bertz CT molecular complexity index is 942. The van der Waals surface area contributed by atoms with Crippen molar-refractivity contribution in [2.45, 2.75) is 37.8 Å². The molecule has 158 valence electrons. The molecule has 0 aliphatic rings. The van der Waals surface area contributed by atoms with Crippen LogP contribution in [0.15, 0.2) is 47.4 Å². The van der Waals surface area contributed by atoms with Gasteiger partial charge in [0.15, 0.2) is 6.10 Å². The van der Waals surface area contributed by atoms with Gasteiger partial charge in [0.25, 0.3) is 15.9 Å². The number of amides is 1. The maximum Gasteiger partial charge on any atom is 0.262 e. The molecule has 2 rings (SSSR count). The molecule has 8 nitrogen and oxygen atoms in total. The van der Waals surface area contributed by atoms with Crippen molar-refractivity contribution in [1.82, 2.24) is 5.32 Å². The number of anilines is 1. The van der Waals surface area contributed by atoms with Crippen LogP contribution in [0.1, 0.15) is 20.8 Å². The number of sulfonamides is 1. The third-order valence-electron chi connectivity index (χ3n) is 3.90. The Labute approximate surface area is 171 Å².